The van der Waals surface area contributed by atoms with E-state index in [4.69, 9.17) is 0 Å². The van der Waals surface area contributed by atoms with Gasteiger partial charge in [0.15, 0.2) is 0 Å². The van der Waals surface area contributed by atoms with E-state index in [2.05, 4.69) is 16.0 Å². The number of rotatable bonds is 4. The van der Waals surface area contributed by atoms with Gasteiger partial charge < -0.3 is 20.9 Å². The van der Waals surface area contributed by atoms with Gasteiger partial charge in [-0.25, -0.2) is 4.79 Å². The zero-order valence-corrected chi connectivity index (χ0v) is 14.6. The van der Waals surface area contributed by atoms with Crippen molar-refractivity contribution in [1.29, 1.82) is 0 Å². The van der Waals surface area contributed by atoms with Crippen molar-refractivity contribution in [3.05, 3.63) is 29.8 Å². The van der Waals surface area contributed by atoms with Crippen molar-refractivity contribution < 1.29 is 9.59 Å². The molecule has 1 saturated heterocycles. The van der Waals surface area contributed by atoms with E-state index in [1.165, 1.54) is 0 Å². The van der Waals surface area contributed by atoms with Gasteiger partial charge in [0.25, 0.3) is 5.91 Å². The minimum Gasteiger partial charge on any atom is -0.337 e. The largest absolute Gasteiger partial charge is 0.337 e. The number of nitrogens with one attached hydrogen (secondary N) is 3. The molecule has 0 aromatic heterocycles. The first-order chi connectivity index (χ1) is 10.5. The van der Waals surface area contributed by atoms with E-state index in [-0.39, 0.29) is 36.4 Å². The lowest BCUT2D eigenvalue weighted by Gasteiger charge is -2.25. The highest BCUT2D eigenvalue weighted by molar-refractivity contribution is 6.03. The Hall–Kier alpha value is -1.79. The standard InChI is InChI=1S/C16H24N4O2.ClH/c1-11(2)18-16(22)19-14-7-5-4-6-13(14)15(21)20(3)12-8-9-17-10-12;/h4-7,11-12,17H,8-10H2,1-3H3,(H2,18,19,22);1H. The van der Waals surface area contributed by atoms with E-state index >= 15 is 0 Å². The molecule has 3 amide bonds. The number of para-hydroxylation sites is 1. The van der Waals surface area contributed by atoms with Gasteiger partial charge in [-0.05, 0) is 38.9 Å². The first kappa shape index (κ1) is 19.3. The molecular formula is C16H25ClN4O2. The smallest absolute Gasteiger partial charge is 0.319 e. The molecule has 0 bridgehead atoms. The van der Waals surface area contributed by atoms with Gasteiger partial charge in [-0.1, -0.05) is 12.1 Å². The summed E-state index contributed by atoms with van der Waals surface area (Å²) in [6.45, 7) is 5.51. The number of halogens is 1. The second kappa shape index (κ2) is 8.74. The molecule has 1 aliphatic heterocycles. The summed E-state index contributed by atoms with van der Waals surface area (Å²) in [4.78, 5) is 26.3. The highest BCUT2D eigenvalue weighted by Crippen LogP contribution is 2.19. The van der Waals surface area contributed by atoms with E-state index < -0.39 is 0 Å². The Labute approximate surface area is 143 Å². The molecule has 1 aromatic carbocycles. The number of carbonyl (C=O) groups is 2. The number of nitrogens with zero attached hydrogens (tertiary/aromatic N) is 1. The summed E-state index contributed by atoms with van der Waals surface area (Å²) in [7, 11) is 1.81. The van der Waals surface area contributed by atoms with Gasteiger partial charge in [-0.2, -0.15) is 0 Å². The molecule has 23 heavy (non-hydrogen) atoms. The fourth-order valence-electron chi connectivity index (χ4n) is 2.53. The number of hydrogen-bond donors (Lipinski definition) is 3. The number of anilines is 1. The predicted molar refractivity (Wildman–Crippen MR) is 94.3 cm³/mol. The summed E-state index contributed by atoms with van der Waals surface area (Å²) in [6, 6.07) is 7.03. The Morgan fingerprint density at radius 1 is 1.30 bits per heavy atom. The van der Waals surface area contributed by atoms with Gasteiger partial charge in [-0.15, -0.1) is 12.4 Å². The van der Waals surface area contributed by atoms with Crippen LogP contribution in [0.5, 0.6) is 0 Å². The third-order valence-electron chi connectivity index (χ3n) is 3.73. The van der Waals surface area contributed by atoms with Gasteiger partial charge >= 0.3 is 6.03 Å². The zero-order valence-electron chi connectivity index (χ0n) is 13.8. The molecule has 1 aromatic rings. The topological polar surface area (TPSA) is 73.5 Å². The molecule has 2 rings (SSSR count). The lowest BCUT2D eigenvalue weighted by Crippen LogP contribution is -2.39. The van der Waals surface area contributed by atoms with Crippen LogP contribution in [0.3, 0.4) is 0 Å². The Morgan fingerprint density at radius 3 is 2.61 bits per heavy atom. The molecular weight excluding hydrogens is 316 g/mol. The number of likely N-dealkylation sites (N-methyl/N-ethyl adjacent to an activating group) is 1. The van der Waals surface area contributed by atoms with Crippen molar-refractivity contribution in [1.82, 2.24) is 15.5 Å². The molecule has 0 saturated carbocycles. The van der Waals surface area contributed by atoms with Crippen LogP contribution in [0.1, 0.15) is 30.6 Å². The zero-order chi connectivity index (χ0) is 16.1. The van der Waals surface area contributed by atoms with E-state index in [0.717, 1.165) is 19.5 Å². The van der Waals surface area contributed by atoms with Crippen molar-refractivity contribution >= 4 is 30.0 Å². The number of carbonyl (C=O) groups excluding carboxylic acids is 2. The van der Waals surface area contributed by atoms with Gasteiger partial charge in [0.05, 0.1) is 11.3 Å². The Balaban J connectivity index is 0.00000264. The molecule has 1 atom stereocenters. The number of amides is 3. The average Bonchev–Trinajstić information content (AvgIpc) is 2.99. The molecule has 6 nitrogen and oxygen atoms in total. The van der Waals surface area contributed by atoms with E-state index in [1.807, 2.05) is 20.9 Å². The quantitative estimate of drug-likeness (QED) is 0.785. The Kier molecular flexibility index (Phi) is 7.32. The van der Waals surface area contributed by atoms with Gasteiger partial charge in [-0.3, -0.25) is 4.79 Å². The minimum atomic E-state index is -0.305. The van der Waals surface area contributed by atoms with Crippen molar-refractivity contribution in [2.45, 2.75) is 32.4 Å². The summed E-state index contributed by atoms with van der Waals surface area (Å²) >= 11 is 0. The van der Waals surface area contributed by atoms with Crippen LogP contribution in [0.2, 0.25) is 0 Å². The summed E-state index contributed by atoms with van der Waals surface area (Å²) < 4.78 is 0. The highest BCUT2D eigenvalue weighted by atomic mass is 35.5. The molecule has 1 unspecified atom stereocenters. The fraction of sp³-hybridized carbons (Fsp3) is 0.500. The van der Waals surface area contributed by atoms with Crippen LogP contribution in [0.25, 0.3) is 0 Å². The molecule has 128 valence electrons. The van der Waals surface area contributed by atoms with Crippen LogP contribution in [-0.2, 0) is 0 Å². The van der Waals surface area contributed by atoms with Gasteiger partial charge in [0.2, 0.25) is 0 Å². The fourth-order valence-corrected chi connectivity index (χ4v) is 2.53. The van der Waals surface area contributed by atoms with Crippen LogP contribution in [0.4, 0.5) is 10.5 Å². The molecule has 0 radical (unpaired) electrons. The lowest BCUT2D eigenvalue weighted by molar-refractivity contribution is 0.0745. The Bertz CT molecular complexity index is 545. The van der Waals surface area contributed by atoms with Crippen molar-refractivity contribution in [2.75, 3.05) is 25.5 Å². The van der Waals surface area contributed by atoms with Crippen molar-refractivity contribution in [3.8, 4) is 0 Å². The normalized spacial score (nSPS) is 16.6. The van der Waals surface area contributed by atoms with Crippen molar-refractivity contribution in [2.24, 2.45) is 0 Å². The van der Waals surface area contributed by atoms with Crippen molar-refractivity contribution in [3.63, 3.8) is 0 Å². The van der Waals surface area contributed by atoms with E-state index in [1.54, 1.807) is 29.2 Å². The first-order valence-corrected chi connectivity index (χ1v) is 7.63. The summed E-state index contributed by atoms with van der Waals surface area (Å²) in [5.74, 6) is -0.0749. The second-order valence-electron chi connectivity index (χ2n) is 5.86. The summed E-state index contributed by atoms with van der Waals surface area (Å²) in [5, 5.41) is 8.77. The number of hydrogen-bond acceptors (Lipinski definition) is 3. The maximum absolute atomic E-state index is 12.7. The van der Waals surface area contributed by atoms with E-state index in [0.29, 0.717) is 11.3 Å². The molecule has 1 heterocycles. The molecule has 1 aliphatic rings. The monoisotopic (exact) mass is 340 g/mol. The van der Waals surface area contributed by atoms with Gasteiger partial charge in [0.1, 0.15) is 0 Å². The SMILES string of the molecule is CC(C)NC(=O)Nc1ccccc1C(=O)N(C)C1CCNC1.Cl. The Morgan fingerprint density at radius 2 is 2.00 bits per heavy atom. The third kappa shape index (κ3) is 5.11. The van der Waals surface area contributed by atoms with E-state index in [9.17, 15) is 9.59 Å². The van der Waals surface area contributed by atoms with Crippen LogP contribution in [-0.4, -0.2) is 49.1 Å². The van der Waals surface area contributed by atoms with Crippen LogP contribution >= 0.6 is 12.4 Å². The predicted octanol–water partition coefficient (Wildman–Crippen LogP) is 2.07. The number of urea groups is 1. The lowest BCUT2D eigenvalue weighted by atomic mass is 10.1. The highest BCUT2D eigenvalue weighted by Gasteiger charge is 2.25. The minimum absolute atomic E-state index is 0. The molecule has 0 aliphatic carbocycles. The molecule has 0 spiro atoms. The molecule has 3 N–H and O–H groups in total. The first-order valence-electron chi connectivity index (χ1n) is 7.63. The van der Waals surface area contributed by atoms with Crippen LogP contribution < -0.4 is 16.0 Å². The average molecular weight is 341 g/mol. The molecule has 1 fully saturated rings. The maximum Gasteiger partial charge on any atom is 0.319 e. The summed E-state index contributed by atoms with van der Waals surface area (Å²) in [5.41, 5.74) is 1.04. The third-order valence-corrected chi connectivity index (χ3v) is 3.73. The second-order valence-corrected chi connectivity index (χ2v) is 5.86. The summed E-state index contributed by atoms with van der Waals surface area (Å²) in [6.07, 6.45) is 0.950. The maximum atomic E-state index is 12.7. The van der Waals surface area contributed by atoms with Crippen LogP contribution in [0, 0.1) is 0 Å². The number of benzene rings is 1. The van der Waals surface area contributed by atoms with Crippen LogP contribution in [0.15, 0.2) is 24.3 Å². The van der Waals surface area contributed by atoms with Gasteiger partial charge in [0, 0.05) is 25.7 Å². The molecule has 7 heteroatoms.